The van der Waals surface area contributed by atoms with Crippen LogP contribution in [0.1, 0.15) is 30.9 Å². The number of hydrogen-bond acceptors (Lipinski definition) is 4. The number of amides is 2. The summed E-state index contributed by atoms with van der Waals surface area (Å²) in [5, 5.41) is 0. The summed E-state index contributed by atoms with van der Waals surface area (Å²) >= 11 is 0. The molecule has 0 spiro atoms. The van der Waals surface area contributed by atoms with Crippen molar-refractivity contribution in [1.82, 2.24) is 9.80 Å². The number of hydrogen-bond donors (Lipinski definition) is 0. The van der Waals surface area contributed by atoms with Crippen LogP contribution in [0.3, 0.4) is 0 Å². The Bertz CT molecular complexity index is 884. The molecule has 2 aliphatic heterocycles. The third-order valence-corrected chi connectivity index (χ3v) is 5.72. The van der Waals surface area contributed by atoms with E-state index in [1.54, 1.807) is 23.1 Å². The molecular formula is C23H25FN2O4. The topological polar surface area (TPSA) is 59.1 Å². The first-order valence-corrected chi connectivity index (χ1v) is 10.3. The molecule has 2 aromatic carbocycles. The van der Waals surface area contributed by atoms with E-state index in [-0.39, 0.29) is 42.9 Å². The number of nitrogens with zero attached hydrogens (tertiary/aromatic N) is 2. The van der Waals surface area contributed by atoms with Crippen LogP contribution in [-0.4, -0.2) is 54.1 Å². The van der Waals surface area contributed by atoms with Gasteiger partial charge < -0.3 is 14.4 Å². The Balaban J connectivity index is 1.28. The molecule has 7 heteroatoms. The van der Waals surface area contributed by atoms with E-state index in [4.69, 9.17) is 9.47 Å². The number of carbonyl (C=O) groups excluding carboxylic acids is 2. The highest BCUT2D eigenvalue weighted by Gasteiger charge is 2.40. The highest BCUT2D eigenvalue weighted by molar-refractivity contribution is 5.76. The number of likely N-dealkylation sites (tertiary alicyclic amines) is 1. The zero-order valence-electron chi connectivity index (χ0n) is 16.7. The van der Waals surface area contributed by atoms with E-state index in [2.05, 4.69) is 0 Å². The number of rotatable bonds is 6. The third-order valence-electron chi connectivity index (χ3n) is 5.72. The van der Waals surface area contributed by atoms with E-state index in [0.717, 1.165) is 5.56 Å². The van der Waals surface area contributed by atoms with Crippen molar-refractivity contribution in [2.75, 3.05) is 26.3 Å². The number of halogens is 1. The molecule has 1 atom stereocenters. The predicted molar refractivity (Wildman–Crippen MR) is 108 cm³/mol. The van der Waals surface area contributed by atoms with Gasteiger partial charge in [-0.2, -0.15) is 0 Å². The van der Waals surface area contributed by atoms with Crippen LogP contribution in [-0.2, 0) is 9.53 Å². The summed E-state index contributed by atoms with van der Waals surface area (Å²) in [6.45, 7) is 1.65. The van der Waals surface area contributed by atoms with Gasteiger partial charge in [0, 0.05) is 19.1 Å². The second-order valence-corrected chi connectivity index (χ2v) is 7.55. The number of benzene rings is 2. The third kappa shape index (κ3) is 4.40. The van der Waals surface area contributed by atoms with Crippen LogP contribution in [0.25, 0.3) is 0 Å². The summed E-state index contributed by atoms with van der Waals surface area (Å²) in [5.41, 5.74) is 1.06. The summed E-state index contributed by atoms with van der Waals surface area (Å²) in [6, 6.07) is 16.0. The van der Waals surface area contributed by atoms with Gasteiger partial charge in [-0.05, 0) is 30.5 Å². The summed E-state index contributed by atoms with van der Waals surface area (Å²) in [6.07, 6.45) is 1.32. The van der Waals surface area contributed by atoms with Crippen molar-refractivity contribution in [3.63, 3.8) is 0 Å². The standard InChI is InChI=1S/C23H25FN2O4/c24-19-8-4-5-9-21(19)29-15-12-22(27)25-13-10-18(11-14-25)26-20(16-30-23(26)28)17-6-2-1-3-7-17/h1-9,18,20H,10-16H2. The number of para-hydroxylation sites is 1. The Morgan fingerprint density at radius 2 is 1.77 bits per heavy atom. The van der Waals surface area contributed by atoms with Crippen LogP contribution >= 0.6 is 0 Å². The maximum absolute atomic E-state index is 13.6. The molecule has 2 aliphatic rings. The summed E-state index contributed by atoms with van der Waals surface area (Å²) < 4.78 is 24.3. The molecule has 0 N–H and O–H groups in total. The Morgan fingerprint density at radius 1 is 1.07 bits per heavy atom. The van der Waals surface area contributed by atoms with Gasteiger partial charge in [0.1, 0.15) is 6.61 Å². The Morgan fingerprint density at radius 3 is 2.50 bits per heavy atom. The van der Waals surface area contributed by atoms with Gasteiger partial charge in [0.05, 0.1) is 19.1 Å². The molecule has 1 unspecified atom stereocenters. The van der Waals surface area contributed by atoms with Gasteiger partial charge >= 0.3 is 6.09 Å². The lowest BCUT2D eigenvalue weighted by Gasteiger charge is -2.38. The SMILES string of the molecule is O=C(CCOc1ccccc1F)N1CCC(N2C(=O)OCC2c2ccccc2)CC1. The molecule has 6 nitrogen and oxygen atoms in total. The average Bonchev–Trinajstić information content (AvgIpc) is 3.17. The molecule has 158 valence electrons. The van der Waals surface area contributed by atoms with Crippen LogP contribution in [0, 0.1) is 5.82 Å². The molecule has 2 saturated heterocycles. The molecule has 2 aromatic rings. The van der Waals surface area contributed by atoms with Crippen LogP contribution in [0.5, 0.6) is 5.75 Å². The normalized spacial score (nSPS) is 19.6. The van der Waals surface area contributed by atoms with Crippen LogP contribution in [0.4, 0.5) is 9.18 Å². The van der Waals surface area contributed by atoms with E-state index in [9.17, 15) is 14.0 Å². The van der Waals surface area contributed by atoms with E-state index < -0.39 is 5.82 Å². The van der Waals surface area contributed by atoms with Gasteiger partial charge in [-0.25, -0.2) is 9.18 Å². The molecule has 0 aromatic heterocycles. The van der Waals surface area contributed by atoms with Crippen LogP contribution in [0.15, 0.2) is 54.6 Å². The zero-order valence-corrected chi connectivity index (χ0v) is 16.7. The smallest absolute Gasteiger partial charge is 0.410 e. The lowest BCUT2D eigenvalue weighted by Crippen LogP contribution is -2.48. The minimum absolute atomic E-state index is 0.0200. The minimum Gasteiger partial charge on any atom is -0.490 e. The van der Waals surface area contributed by atoms with Gasteiger partial charge in [-0.1, -0.05) is 42.5 Å². The van der Waals surface area contributed by atoms with Gasteiger partial charge in [0.25, 0.3) is 0 Å². The van der Waals surface area contributed by atoms with Crippen LogP contribution < -0.4 is 4.74 Å². The molecule has 2 fully saturated rings. The molecule has 2 amide bonds. The van der Waals surface area contributed by atoms with Crippen molar-refractivity contribution in [1.29, 1.82) is 0 Å². The number of cyclic esters (lactones) is 1. The first kappa shape index (κ1) is 20.2. The second-order valence-electron chi connectivity index (χ2n) is 7.55. The number of piperidine rings is 1. The zero-order chi connectivity index (χ0) is 20.9. The highest BCUT2D eigenvalue weighted by Crippen LogP contribution is 2.33. The van der Waals surface area contributed by atoms with E-state index >= 15 is 0 Å². The van der Waals surface area contributed by atoms with Gasteiger partial charge in [-0.15, -0.1) is 0 Å². The Hall–Kier alpha value is -3.09. The van der Waals surface area contributed by atoms with Gasteiger partial charge in [0.15, 0.2) is 11.6 Å². The van der Waals surface area contributed by atoms with Crippen molar-refractivity contribution in [2.45, 2.75) is 31.3 Å². The van der Waals surface area contributed by atoms with Crippen molar-refractivity contribution < 1.29 is 23.5 Å². The minimum atomic E-state index is -0.434. The van der Waals surface area contributed by atoms with Crippen molar-refractivity contribution >= 4 is 12.0 Å². The Kier molecular flexibility index (Phi) is 6.16. The van der Waals surface area contributed by atoms with Crippen molar-refractivity contribution in [3.05, 3.63) is 66.0 Å². The van der Waals surface area contributed by atoms with E-state index in [1.807, 2.05) is 35.2 Å². The van der Waals surface area contributed by atoms with E-state index in [0.29, 0.717) is 32.5 Å². The Labute approximate surface area is 175 Å². The molecule has 0 radical (unpaired) electrons. The molecule has 4 rings (SSSR count). The highest BCUT2D eigenvalue weighted by atomic mass is 19.1. The summed E-state index contributed by atoms with van der Waals surface area (Å²) in [4.78, 5) is 28.5. The second kappa shape index (κ2) is 9.15. The quantitative estimate of drug-likeness (QED) is 0.725. The molecule has 0 bridgehead atoms. The van der Waals surface area contributed by atoms with Crippen molar-refractivity contribution in [3.8, 4) is 5.75 Å². The molecule has 0 aliphatic carbocycles. The lowest BCUT2D eigenvalue weighted by atomic mass is 9.99. The average molecular weight is 412 g/mol. The fourth-order valence-corrected chi connectivity index (χ4v) is 4.13. The molecule has 30 heavy (non-hydrogen) atoms. The summed E-state index contributed by atoms with van der Waals surface area (Å²) in [7, 11) is 0. The van der Waals surface area contributed by atoms with Crippen LogP contribution in [0.2, 0.25) is 0 Å². The molecule has 2 heterocycles. The van der Waals surface area contributed by atoms with Gasteiger partial charge in [-0.3, -0.25) is 9.69 Å². The maximum atomic E-state index is 13.6. The molecular weight excluding hydrogens is 387 g/mol. The van der Waals surface area contributed by atoms with Crippen molar-refractivity contribution in [2.24, 2.45) is 0 Å². The summed E-state index contributed by atoms with van der Waals surface area (Å²) in [5.74, 6) is -0.298. The van der Waals surface area contributed by atoms with Gasteiger partial charge in [0.2, 0.25) is 5.91 Å². The maximum Gasteiger partial charge on any atom is 0.410 e. The number of carbonyl (C=O) groups is 2. The molecule has 0 saturated carbocycles. The first-order valence-electron chi connectivity index (χ1n) is 10.3. The first-order chi connectivity index (χ1) is 14.6. The largest absolute Gasteiger partial charge is 0.490 e. The predicted octanol–water partition coefficient (Wildman–Crippen LogP) is 3.78. The monoisotopic (exact) mass is 412 g/mol. The lowest BCUT2D eigenvalue weighted by molar-refractivity contribution is -0.133. The fraction of sp³-hybridized carbons (Fsp3) is 0.391. The van der Waals surface area contributed by atoms with E-state index in [1.165, 1.54) is 6.07 Å². The fourth-order valence-electron chi connectivity index (χ4n) is 4.13. The number of ether oxygens (including phenoxy) is 2.